The minimum absolute atomic E-state index is 0.0609. The van der Waals surface area contributed by atoms with Crippen molar-refractivity contribution in [2.75, 3.05) is 7.11 Å². The highest BCUT2D eigenvalue weighted by Gasteiger charge is 2.14. The van der Waals surface area contributed by atoms with Crippen molar-refractivity contribution in [2.45, 2.75) is 0 Å². The molecule has 0 aliphatic carbocycles. The van der Waals surface area contributed by atoms with E-state index in [-0.39, 0.29) is 11.3 Å². The molecule has 2 N–H and O–H groups in total. The molecule has 0 saturated heterocycles. The number of rotatable bonds is 2. The van der Waals surface area contributed by atoms with E-state index in [1.807, 2.05) is 30.3 Å². The minimum Gasteiger partial charge on any atom is -0.507 e. The number of aromatic nitrogens is 1. The van der Waals surface area contributed by atoms with E-state index < -0.39 is 0 Å². The van der Waals surface area contributed by atoms with Gasteiger partial charge in [0, 0.05) is 17.1 Å². The van der Waals surface area contributed by atoms with Crippen molar-refractivity contribution in [3.8, 4) is 22.6 Å². The molecule has 20 heavy (non-hydrogen) atoms. The Morgan fingerprint density at radius 3 is 2.50 bits per heavy atom. The van der Waals surface area contributed by atoms with Gasteiger partial charge in [0.05, 0.1) is 12.5 Å². The van der Waals surface area contributed by atoms with E-state index in [9.17, 15) is 9.90 Å². The fourth-order valence-electron chi connectivity index (χ4n) is 2.37. The zero-order valence-electron chi connectivity index (χ0n) is 10.9. The monoisotopic (exact) mass is 267 g/mol. The number of hydrogen-bond donors (Lipinski definition) is 2. The van der Waals surface area contributed by atoms with Crippen LogP contribution in [0.4, 0.5) is 0 Å². The Kier molecular flexibility index (Phi) is 2.91. The number of aromatic amines is 1. The van der Waals surface area contributed by atoms with E-state index in [1.165, 1.54) is 13.2 Å². The number of phenolic OH excluding ortho intramolecular Hbond substituents is 1. The number of pyridine rings is 1. The van der Waals surface area contributed by atoms with Gasteiger partial charge >= 0.3 is 0 Å². The number of benzene rings is 2. The lowest BCUT2D eigenvalue weighted by atomic mass is 9.99. The topological polar surface area (TPSA) is 62.3 Å². The molecule has 100 valence electrons. The van der Waals surface area contributed by atoms with Gasteiger partial charge in [0.2, 0.25) is 0 Å². The number of ether oxygens (including phenoxy) is 1. The number of methoxy groups -OCH3 is 1. The summed E-state index contributed by atoms with van der Waals surface area (Å²) in [6.07, 6.45) is 1.61. The molecule has 2 aromatic carbocycles. The summed E-state index contributed by atoms with van der Waals surface area (Å²) in [7, 11) is 1.50. The molecule has 1 heterocycles. The zero-order chi connectivity index (χ0) is 14.1. The van der Waals surface area contributed by atoms with E-state index in [0.29, 0.717) is 16.5 Å². The Balaban J connectivity index is 2.47. The molecule has 3 rings (SSSR count). The summed E-state index contributed by atoms with van der Waals surface area (Å²) in [5, 5.41) is 11.0. The van der Waals surface area contributed by atoms with Gasteiger partial charge in [-0.3, -0.25) is 4.79 Å². The molecule has 3 aromatic rings. The van der Waals surface area contributed by atoms with Crippen LogP contribution in [0, 0.1) is 0 Å². The summed E-state index contributed by atoms with van der Waals surface area (Å²) < 4.78 is 5.22. The van der Waals surface area contributed by atoms with Gasteiger partial charge in [-0.2, -0.15) is 0 Å². The van der Waals surface area contributed by atoms with Crippen LogP contribution in [0.5, 0.6) is 11.5 Å². The van der Waals surface area contributed by atoms with Crippen LogP contribution in [0.2, 0.25) is 0 Å². The van der Waals surface area contributed by atoms with Crippen LogP contribution in [-0.4, -0.2) is 17.2 Å². The van der Waals surface area contributed by atoms with Gasteiger partial charge in [0.1, 0.15) is 11.5 Å². The van der Waals surface area contributed by atoms with E-state index in [2.05, 4.69) is 4.98 Å². The van der Waals surface area contributed by atoms with Crippen LogP contribution in [0.1, 0.15) is 0 Å². The maximum absolute atomic E-state index is 12.0. The first kappa shape index (κ1) is 12.3. The van der Waals surface area contributed by atoms with Gasteiger partial charge in [0.25, 0.3) is 5.56 Å². The van der Waals surface area contributed by atoms with Crippen LogP contribution < -0.4 is 10.3 Å². The Labute approximate surface area is 115 Å². The van der Waals surface area contributed by atoms with Crippen molar-refractivity contribution in [1.29, 1.82) is 0 Å². The quantitative estimate of drug-likeness (QED) is 0.750. The maximum atomic E-state index is 12.0. The Hall–Kier alpha value is -2.75. The van der Waals surface area contributed by atoms with E-state index in [1.54, 1.807) is 12.3 Å². The molecule has 1 aromatic heterocycles. The Bertz CT molecular complexity index is 822. The van der Waals surface area contributed by atoms with Crippen LogP contribution in [-0.2, 0) is 0 Å². The average molecular weight is 267 g/mol. The van der Waals surface area contributed by atoms with Gasteiger partial charge in [-0.05, 0) is 17.7 Å². The molecule has 0 bridgehead atoms. The molecule has 0 amide bonds. The van der Waals surface area contributed by atoms with E-state index in [0.717, 1.165) is 11.1 Å². The highest BCUT2D eigenvalue weighted by molar-refractivity contribution is 6.02. The standard InChI is InChI=1S/C16H13NO3/c1-20-13-8-7-12(18)14-11(9-17-16(19)15(13)14)10-5-3-2-4-6-10/h2-9,18H,1H3,(H,17,19). The fourth-order valence-corrected chi connectivity index (χ4v) is 2.37. The predicted octanol–water partition coefficient (Wildman–Crippen LogP) is 2.91. The first-order valence-corrected chi connectivity index (χ1v) is 6.19. The number of nitrogens with one attached hydrogen (secondary N) is 1. The van der Waals surface area contributed by atoms with Crippen LogP contribution in [0.25, 0.3) is 21.9 Å². The molecule has 0 atom stereocenters. The molecule has 0 unspecified atom stereocenters. The van der Waals surface area contributed by atoms with Gasteiger partial charge in [-0.1, -0.05) is 30.3 Å². The second kappa shape index (κ2) is 4.74. The molecular weight excluding hydrogens is 254 g/mol. The Morgan fingerprint density at radius 1 is 1.05 bits per heavy atom. The number of H-pyrrole nitrogens is 1. The Morgan fingerprint density at radius 2 is 1.80 bits per heavy atom. The summed E-state index contributed by atoms with van der Waals surface area (Å²) >= 11 is 0. The predicted molar refractivity (Wildman–Crippen MR) is 78.2 cm³/mol. The summed E-state index contributed by atoms with van der Waals surface area (Å²) in [5.74, 6) is 0.502. The molecule has 4 nitrogen and oxygen atoms in total. The van der Waals surface area contributed by atoms with Gasteiger partial charge in [-0.25, -0.2) is 0 Å². The summed E-state index contributed by atoms with van der Waals surface area (Å²) in [6, 6.07) is 12.7. The first-order chi connectivity index (χ1) is 9.72. The first-order valence-electron chi connectivity index (χ1n) is 6.19. The molecule has 0 radical (unpaired) electrons. The number of phenols is 1. The van der Waals surface area contributed by atoms with Crippen LogP contribution in [0.15, 0.2) is 53.5 Å². The third-order valence-corrected chi connectivity index (χ3v) is 3.29. The van der Waals surface area contributed by atoms with Crippen molar-refractivity contribution in [1.82, 2.24) is 4.98 Å². The second-order valence-electron chi connectivity index (χ2n) is 4.43. The molecule has 4 heteroatoms. The largest absolute Gasteiger partial charge is 0.507 e. The number of hydrogen-bond acceptors (Lipinski definition) is 3. The maximum Gasteiger partial charge on any atom is 0.259 e. The lowest BCUT2D eigenvalue weighted by Crippen LogP contribution is -2.07. The molecule has 0 fully saturated rings. The van der Waals surface area contributed by atoms with Gasteiger partial charge in [-0.15, -0.1) is 0 Å². The molecule has 0 aliphatic heterocycles. The van der Waals surface area contributed by atoms with Crippen molar-refractivity contribution in [3.05, 3.63) is 59.0 Å². The SMILES string of the molecule is COc1ccc(O)c2c(-c3ccccc3)c[nH]c(=O)c12. The second-order valence-corrected chi connectivity index (χ2v) is 4.43. The lowest BCUT2D eigenvalue weighted by Gasteiger charge is -2.11. The summed E-state index contributed by atoms with van der Waals surface area (Å²) in [4.78, 5) is 14.7. The number of fused-ring (bicyclic) bond motifs is 1. The zero-order valence-corrected chi connectivity index (χ0v) is 10.9. The van der Waals surface area contributed by atoms with E-state index in [4.69, 9.17) is 4.74 Å². The highest BCUT2D eigenvalue weighted by Crippen LogP contribution is 2.36. The van der Waals surface area contributed by atoms with E-state index >= 15 is 0 Å². The van der Waals surface area contributed by atoms with Crippen LogP contribution >= 0.6 is 0 Å². The van der Waals surface area contributed by atoms with Crippen LogP contribution in [0.3, 0.4) is 0 Å². The highest BCUT2D eigenvalue weighted by atomic mass is 16.5. The van der Waals surface area contributed by atoms with Crippen molar-refractivity contribution in [2.24, 2.45) is 0 Å². The number of aromatic hydroxyl groups is 1. The third kappa shape index (κ3) is 1.82. The van der Waals surface area contributed by atoms with Gasteiger partial charge in [0.15, 0.2) is 0 Å². The summed E-state index contributed by atoms with van der Waals surface area (Å²) in [6.45, 7) is 0. The third-order valence-electron chi connectivity index (χ3n) is 3.29. The summed E-state index contributed by atoms with van der Waals surface area (Å²) in [5.41, 5.74) is 1.39. The van der Waals surface area contributed by atoms with Crippen molar-refractivity contribution >= 4 is 10.8 Å². The fraction of sp³-hybridized carbons (Fsp3) is 0.0625. The minimum atomic E-state index is -0.285. The molecule has 0 aliphatic rings. The molecule has 0 spiro atoms. The molecule has 0 saturated carbocycles. The van der Waals surface area contributed by atoms with Crippen molar-refractivity contribution < 1.29 is 9.84 Å². The smallest absolute Gasteiger partial charge is 0.259 e. The average Bonchev–Trinajstić information content (AvgIpc) is 2.49. The van der Waals surface area contributed by atoms with Crippen molar-refractivity contribution in [3.63, 3.8) is 0 Å². The normalized spacial score (nSPS) is 10.7. The molecular formula is C16H13NO3. The lowest BCUT2D eigenvalue weighted by molar-refractivity contribution is 0.418. The van der Waals surface area contributed by atoms with Gasteiger partial charge < -0.3 is 14.8 Å².